The van der Waals surface area contributed by atoms with Crippen LogP contribution in [0.5, 0.6) is 0 Å². The van der Waals surface area contributed by atoms with Gasteiger partial charge in [0.15, 0.2) is 0 Å². The van der Waals surface area contributed by atoms with Crippen molar-refractivity contribution in [2.45, 2.75) is 25.7 Å². The summed E-state index contributed by atoms with van der Waals surface area (Å²) in [5.41, 5.74) is 2.08. The first kappa shape index (κ1) is 20.1. The molecule has 0 bridgehead atoms. The van der Waals surface area contributed by atoms with E-state index < -0.39 is 0 Å². The maximum Gasteiger partial charge on any atom is 0.253 e. The molecule has 2 heterocycles. The molecule has 0 aliphatic carbocycles. The molecule has 8 heteroatoms. The number of likely N-dealkylation sites (tertiary alicyclic amines) is 1. The number of amides is 2. The summed E-state index contributed by atoms with van der Waals surface area (Å²) in [4.78, 5) is 30.3. The molecule has 3 aromatic rings. The smallest absolute Gasteiger partial charge is 0.253 e. The Hall–Kier alpha value is -3.19. The number of anilines is 1. The molecule has 0 radical (unpaired) electrons. The highest BCUT2D eigenvalue weighted by Crippen LogP contribution is 2.29. The van der Waals surface area contributed by atoms with Crippen molar-refractivity contribution in [2.24, 2.45) is 0 Å². The van der Waals surface area contributed by atoms with E-state index >= 15 is 0 Å². The van der Waals surface area contributed by atoms with E-state index in [0.717, 1.165) is 18.4 Å². The molecule has 1 aliphatic rings. The summed E-state index contributed by atoms with van der Waals surface area (Å²) >= 11 is 6.02. The van der Waals surface area contributed by atoms with E-state index in [4.69, 9.17) is 16.1 Å². The Labute approximate surface area is 179 Å². The molecule has 1 unspecified atom stereocenters. The summed E-state index contributed by atoms with van der Waals surface area (Å²) in [5, 5.41) is 7.36. The molecule has 4 rings (SSSR count). The van der Waals surface area contributed by atoms with Gasteiger partial charge in [-0.3, -0.25) is 9.59 Å². The Balaban J connectivity index is 1.46. The molecule has 1 fully saturated rings. The van der Waals surface area contributed by atoms with Gasteiger partial charge in [0.05, 0.1) is 5.92 Å². The maximum atomic E-state index is 12.8. The maximum absolute atomic E-state index is 12.8. The van der Waals surface area contributed by atoms with Crippen molar-refractivity contribution in [3.63, 3.8) is 0 Å². The van der Waals surface area contributed by atoms with Crippen LogP contribution < -0.4 is 5.32 Å². The van der Waals surface area contributed by atoms with Gasteiger partial charge in [-0.05, 0) is 55.3 Å². The zero-order valence-electron chi connectivity index (χ0n) is 16.5. The van der Waals surface area contributed by atoms with Gasteiger partial charge in [-0.25, -0.2) is 0 Å². The van der Waals surface area contributed by atoms with Crippen LogP contribution in [0.2, 0.25) is 5.02 Å². The number of carbonyl (C=O) groups excluding carboxylic acids is 2. The van der Waals surface area contributed by atoms with Crippen LogP contribution in [0.4, 0.5) is 5.69 Å². The Kier molecular flexibility index (Phi) is 5.81. The summed E-state index contributed by atoms with van der Waals surface area (Å²) in [6.07, 6.45) is 1.74. The standard InChI is InChI=1S/C22H21ClN4O3/c1-14(28)24-19-9-7-15(8-10-19)20-25-21(30-26-20)17-5-3-11-27(13-17)22(29)16-4-2-6-18(23)12-16/h2,4,6-10,12,17H,3,5,11,13H2,1H3,(H,24,28). The molecule has 0 spiro atoms. The number of hydrogen-bond donors (Lipinski definition) is 1. The number of halogens is 1. The third kappa shape index (κ3) is 4.52. The summed E-state index contributed by atoms with van der Waals surface area (Å²) < 4.78 is 5.52. The number of hydrogen-bond acceptors (Lipinski definition) is 5. The molecule has 30 heavy (non-hydrogen) atoms. The van der Waals surface area contributed by atoms with Crippen molar-refractivity contribution >= 4 is 29.1 Å². The lowest BCUT2D eigenvalue weighted by Gasteiger charge is -2.31. The van der Waals surface area contributed by atoms with Crippen molar-refractivity contribution in [3.8, 4) is 11.4 Å². The number of carbonyl (C=O) groups is 2. The van der Waals surface area contributed by atoms with Gasteiger partial charge in [-0.2, -0.15) is 4.98 Å². The first-order valence-corrected chi connectivity index (χ1v) is 10.1. The predicted molar refractivity (Wildman–Crippen MR) is 113 cm³/mol. The van der Waals surface area contributed by atoms with E-state index in [1.165, 1.54) is 6.92 Å². The molecule has 0 saturated carbocycles. The van der Waals surface area contributed by atoms with Gasteiger partial charge in [0.1, 0.15) is 0 Å². The second kappa shape index (κ2) is 8.67. The zero-order valence-corrected chi connectivity index (χ0v) is 17.2. The third-order valence-electron chi connectivity index (χ3n) is 5.03. The Morgan fingerprint density at radius 1 is 1.20 bits per heavy atom. The minimum absolute atomic E-state index is 0.0122. The van der Waals surface area contributed by atoms with E-state index in [0.29, 0.717) is 41.1 Å². The largest absolute Gasteiger partial charge is 0.339 e. The van der Waals surface area contributed by atoms with E-state index in [2.05, 4.69) is 15.5 Å². The van der Waals surface area contributed by atoms with Crippen LogP contribution in [0.15, 0.2) is 53.1 Å². The Morgan fingerprint density at radius 2 is 2.00 bits per heavy atom. The highest BCUT2D eigenvalue weighted by Gasteiger charge is 2.29. The predicted octanol–water partition coefficient (Wildman–Crippen LogP) is 4.37. The number of piperidine rings is 1. The normalized spacial score (nSPS) is 16.3. The second-order valence-corrected chi connectivity index (χ2v) is 7.75. The summed E-state index contributed by atoms with van der Waals surface area (Å²) in [7, 11) is 0. The average molecular weight is 425 g/mol. The van der Waals surface area contributed by atoms with Gasteiger partial charge < -0.3 is 14.7 Å². The van der Waals surface area contributed by atoms with Crippen LogP contribution in [0.3, 0.4) is 0 Å². The first-order chi connectivity index (χ1) is 14.5. The van der Waals surface area contributed by atoms with Gasteiger partial charge >= 0.3 is 0 Å². The average Bonchev–Trinajstić information content (AvgIpc) is 3.24. The van der Waals surface area contributed by atoms with Crippen molar-refractivity contribution < 1.29 is 14.1 Å². The van der Waals surface area contributed by atoms with Crippen LogP contribution in [0.1, 0.15) is 41.9 Å². The van der Waals surface area contributed by atoms with Crippen molar-refractivity contribution in [1.82, 2.24) is 15.0 Å². The van der Waals surface area contributed by atoms with E-state index in [9.17, 15) is 9.59 Å². The van der Waals surface area contributed by atoms with Crippen molar-refractivity contribution in [2.75, 3.05) is 18.4 Å². The van der Waals surface area contributed by atoms with E-state index in [1.54, 1.807) is 36.4 Å². The van der Waals surface area contributed by atoms with Gasteiger partial charge in [0.2, 0.25) is 17.6 Å². The summed E-state index contributed by atoms with van der Waals surface area (Å²) in [6.45, 7) is 2.67. The molecule has 2 amide bonds. The third-order valence-corrected chi connectivity index (χ3v) is 5.27. The second-order valence-electron chi connectivity index (χ2n) is 7.32. The van der Waals surface area contributed by atoms with Gasteiger partial charge in [0.25, 0.3) is 5.91 Å². The number of rotatable bonds is 4. The fourth-order valence-corrected chi connectivity index (χ4v) is 3.78. The summed E-state index contributed by atoms with van der Waals surface area (Å²) in [6, 6.07) is 14.2. The molecule has 154 valence electrons. The highest BCUT2D eigenvalue weighted by molar-refractivity contribution is 6.30. The number of nitrogens with zero attached hydrogens (tertiary/aromatic N) is 3. The topological polar surface area (TPSA) is 88.3 Å². The van der Waals surface area contributed by atoms with Crippen LogP contribution in [0.25, 0.3) is 11.4 Å². The number of benzene rings is 2. The molecule has 1 N–H and O–H groups in total. The minimum atomic E-state index is -0.126. The fraction of sp³-hybridized carbons (Fsp3) is 0.273. The van der Waals surface area contributed by atoms with Gasteiger partial charge in [0, 0.05) is 41.9 Å². The van der Waals surface area contributed by atoms with E-state index in [-0.39, 0.29) is 17.7 Å². The van der Waals surface area contributed by atoms with Crippen molar-refractivity contribution in [3.05, 3.63) is 65.0 Å². The molecular weight excluding hydrogens is 404 g/mol. The van der Waals surface area contributed by atoms with Crippen LogP contribution in [-0.2, 0) is 4.79 Å². The van der Waals surface area contributed by atoms with Crippen molar-refractivity contribution in [1.29, 1.82) is 0 Å². The minimum Gasteiger partial charge on any atom is -0.339 e. The van der Waals surface area contributed by atoms with E-state index in [1.807, 2.05) is 17.0 Å². The highest BCUT2D eigenvalue weighted by atomic mass is 35.5. The monoisotopic (exact) mass is 424 g/mol. The molecule has 1 aliphatic heterocycles. The molecule has 7 nitrogen and oxygen atoms in total. The first-order valence-electron chi connectivity index (χ1n) is 9.76. The zero-order chi connectivity index (χ0) is 21.1. The lowest BCUT2D eigenvalue weighted by molar-refractivity contribution is -0.114. The Morgan fingerprint density at radius 3 is 2.73 bits per heavy atom. The molecule has 2 aromatic carbocycles. The van der Waals surface area contributed by atoms with Gasteiger partial charge in [-0.15, -0.1) is 0 Å². The van der Waals surface area contributed by atoms with Crippen LogP contribution in [-0.4, -0.2) is 39.9 Å². The molecule has 1 aromatic heterocycles. The SMILES string of the molecule is CC(=O)Nc1ccc(-c2noc(C3CCCN(C(=O)c4cccc(Cl)c4)C3)n2)cc1. The Bertz CT molecular complexity index is 1060. The molecule has 1 saturated heterocycles. The lowest BCUT2D eigenvalue weighted by Crippen LogP contribution is -2.39. The molecule has 1 atom stereocenters. The number of nitrogens with one attached hydrogen (secondary N) is 1. The fourth-order valence-electron chi connectivity index (χ4n) is 3.59. The quantitative estimate of drug-likeness (QED) is 0.671. The van der Waals surface area contributed by atoms with Gasteiger partial charge in [-0.1, -0.05) is 22.8 Å². The van der Waals surface area contributed by atoms with Crippen LogP contribution >= 0.6 is 11.6 Å². The summed E-state index contributed by atoms with van der Waals surface area (Å²) in [5.74, 6) is 0.827. The molecular formula is C22H21ClN4O3. The van der Waals surface area contributed by atoms with Crippen LogP contribution in [0, 0.1) is 0 Å². The number of aromatic nitrogens is 2. The lowest BCUT2D eigenvalue weighted by atomic mass is 9.97.